The van der Waals surface area contributed by atoms with Gasteiger partial charge in [-0.05, 0) is 12.0 Å². The number of aromatic carboxylic acids is 1. The first-order valence-electron chi connectivity index (χ1n) is 5.02. The van der Waals surface area contributed by atoms with Crippen LogP contribution in [0.3, 0.4) is 0 Å². The number of hydrogen-bond acceptors (Lipinski definition) is 3. The Morgan fingerprint density at radius 1 is 1.56 bits per heavy atom. The highest BCUT2D eigenvalue weighted by Gasteiger charge is 2.09. The van der Waals surface area contributed by atoms with Crippen LogP contribution in [0.2, 0.25) is 0 Å². The van der Waals surface area contributed by atoms with Crippen molar-refractivity contribution in [3.63, 3.8) is 0 Å². The third-order valence-electron chi connectivity index (χ3n) is 1.87. The number of carboxylic acids is 1. The quantitative estimate of drug-likeness (QED) is 0.757. The molecule has 0 saturated heterocycles. The number of amides is 1. The Hall–Kier alpha value is -1.85. The van der Waals surface area contributed by atoms with Crippen LogP contribution in [-0.2, 0) is 11.3 Å². The molecule has 0 atom stereocenters. The molecule has 0 aliphatic carbocycles. The molecule has 6 heteroatoms. The van der Waals surface area contributed by atoms with Gasteiger partial charge in [-0.1, -0.05) is 13.8 Å². The number of hydrogen-bond donors (Lipinski definition) is 2. The van der Waals surface area contributed by atoms with Crippen molar-refractivity contribution in [2.45, 2.75) is 20.4 Å². The van der Waals surface area contributed by atoms with Crippen LogP contribution in [0.4, 0.5) is 0 Å². The SMILES string of the molecule is CC(C)CNC(=O)Cn1ccc(C(=O)O)n1. The molecule has 0 unspecified atom stereocenters. The van der Waals surface area contributed by atoms with Crippen molar-refractivity contribution in [1.29, 1.82) is 0 Å². The van der Waals surface area contributed by atoms with Gasteiger partial charge in [0.25, 0.3) is 0 Å². The zero-order chi connectivity index (χ0) is 12.1. The summed E-state index contributed by atoms with van der Waals surface area (Å²) in [6.45, 7) is 4.64. The molecule has 0 bridgehead atoms. The Morgan fingerprint density at radius 2 is 2.25 bits per heavy atom. The normalized spacial score (nSPS) is 10.4. The van der Waals surface area contributed by atoms with Gasteiger partial charge in [-0.15, -0.1) is 0 Å². The molecule has 1 aromatic heterocycles. The van der Waals surface area contributed by atoms with Crippen LogP contribution < -0.4 is 5.32 Å². The number of aromatic nitrogens is 2. The van der Waals surface area contributed by atoms with Crippen LogP contribution in [0.5, 0.6) is 0 Å². The van der Waals surface area contributed by atoms with E-state index < -0.39 is 5.97 Å². The molecule has 0 aromatic carbocycles. The average molecular weight is 225 g/mol. The first kappa shape index (κ1) is 12.2. The molecule has 0 aliphatic rings. The number of carbonyl (C=O) groups is 2. The molecular weight excluding hydrogens is 210 g/mol. The number of carboxylic acid groups (broad SMARTS) is 1. The maximum Gasteiger partial charge on any atom is 0.356 e. The summed E-state index contributed by atoms with van der Waals surface area (Å²) in [4.78, 5) is 21.9. The van der Waals surface area contributed by atoms with Crippen molar-refractivity contribution >= 4 is 11.9 Å². The van der Waals surface area contributed by atoms with Crippen molar-refractivity contribution in [3.05, 3.63) is 18.0 Å². The minimum Gasteiger partial charge on any atom is -0.476 e. The molecule has 0 spiro atoms. The van der Waals surface area contributed by atoms with Crippen molar-refractivity contribution in [3.8, 4) is 0 Å². The van der Waals surface area contributed by atoms with Gasteiger partial charge in [0.1, 0.15) is 6.54 Å². The van der Waals surface area contributed by atoms with E-state index in [0.717, 1.165) is 0 Å². The Labute approximate surface area is 93.3 Å². The molecule has 1 rings (SSSR count). The second-order valence-electron chi connectivity index (χ2n) is 3.90. The van der Waals surface area contributed by atoms with E-state index in [1.54, 1.807) is 0 Å². The van der Waals surface area contributed by atoms with Crippen LogP contribution >= 0.6 is 0 Å². The average Bonchev–Trinajstić information content (AvgIpc) is 2.63. The van der Waals surface area contributed by atoms with Gasteiger partial charge in [0, 0.05) is 12.7 Å². The fourth-order valence-corrected chi connectivity index (χ4v) is 1.08. The summed E-state index contributed by atoms with van der Waals surface area (Å²) in [6, 6.07) is 1.36. The highest BCUT2D eigenvalue weighted by molar-refractivity contribution is 5.85. The summed E-state index contributed by atoms with van der Waals surface area (Å²) in [5.74, 6) is -0.883. The molecule has 1 aromatic rings. The smallest absolute Gasteiger partial charge is 0.356 e. The Bertz CT molecular complexity index is 384. The van der Waals surface area contributed by atoms with Gasteiger partial charge >= 0.3 is 5.97 Å². The highest BCUT2D eigenvalue weighted by Crippen LogP contribution is 1.95. The zero-order valence-corrected chi connectivity index (χ0v) is 9.30. The third kappa shape index (κ3) is 3.72. The monoisotopic (exact) mass is 225 g/mol. The van der Waals surface area contributed by atoms with Crippen molar-refractivity contribution < 1.29 is 14.7 Å². The van der Waals surface area contributed by atoms with Crippen LogP contribution in [0.1, 0.15) is 24.3 Å². The Balaban J connectivity index is 2.46. The van der Waals surface area contributed by atoms with Crippen molar-refractivity contribution in [2.24, 2.45) is 5.92 Å². The Morgan fingerprint density at radius 3 is 2.75 bits per heavy atom. The molecule has 88 valence electrons. The van der Waals surface area contributed by atoms with E-state index in [9.17, 15) is 9.59 Å². The van der Waals surface area contributed by atoms with Crippen LogP contribution in [-0.4, -0.2) is 33.3 Å². The number of nitrogens with zero attached hydrogens (tertiary/aromatic N) is 2. The molecule has 0 radical (unpaired) electrons. The van der Waals surface area contributed by atoms with Crippen molar-refractivity contribution in [2.75, 3.05) is 6.54 Å². The van der Waals surface area contributed by atoms with Crippen LogP contribution in [0.15, 0.2) is 12.3 Å². The number of rotatable bonds is 5. The highest BCUT2D eigenvalue weighted by atomic mass is 16.4. The van der Waals surface area contributed by atoms with Crippen LogP contribution in [0, 0.1) is 5.92 Å². The summed E-state index contributed by atoms with van der Waals surface area (Å²) >= 11 is 0. The third-order valence-corrected chi connectivity index (χ3v) is 1.87. The second-order valence-corrected chi connectivity index (χ2v) is 3.90. The molecule has 6 nitrogen and oxygen atoms in total. The number of nitrogens with one attached hydrogen (secondary N) is 1. The molecule has 16 heavy (non-hydrogen) atoms. The summed E-state index contributed by atoms with van der Waals surface area (Å²) < 4.78 is 1.30. The summed E-state index contributed by atoms with van der Waals surface area (Å²) in [6.07, 6.45) is 1.47. The lowest BCUT2D eigenvalue weighted by molar-refractivity contribution is -0.122. The van der Waals surface area contributed by atoms with E-state index in [-0.39, 0.29) is 18.1 Å². The molecule has 1 amide bonds. The van der Waals surface area contributed by atoms with E-state index in [0.29, 0.717) is 12.5 Å². The first-order chi connectivity index (χ1) is 7.49. The Kier molecular flexibility index (Phi) is 4.04. The van der Waals surface area contributed by atoms with Gasteiger partial charge in [-0.2, -0.15) is 5.10 Å². The molecule has 0 fully saturated rings. The summed E-state index contributed by atoms with van der Waals surface area (Å²) in [5, 5.41) is 15.1. The summed E-state index contributed by atoms with van der Waals surface area (Å²) in [7, 11) is 0. The van der Waals surface area contributed by atoms with Gasteiger partial charge in [0.15, 0.2) is 5.69 Å². The predicted octanol–water partition coefficient (Wildman–Crippen LogP) is 0.353. The zero-order valence-electron chi connectivity index (χ0n) is 9.30. The van der Waals surface area contributed by atoms with Crippen molar-refractivity contribution in [1.82, 2.24) is 15.1 Å². The maximum atomic E-state index is 11.4. The molecule has 1 heterocycles. The van der Waals surface area contributed by atoms with Gasteiger partial charge in [-0.25, -0.2) is 4.79 Å². The van der Waals surface area contributed by atoms with E-state index >= 15 is 0 Å². The van der Waals surface area contributed by atoms with E-state index in [1.165, 1.54) is 16.9 Å². The van der Waals surface area contributed by atoms with E-state index in [1.807, 2.05) is 13.8 Å². The molecule has 0 aliphatic heterocycles. The fraction of sp³-hybridized carbons (Fsp3) is 0.500. The topological polar surface area (TPSA) is 84.2 Å². The largest absolute Gasteiger partial charge is 0.476 e. The predicted molar refractivity (Wildman–Crippen MR) is 57.0 cm³/mol. The van der Waals surface area contributed by atoms with Gasteiger partial charge < -0.3 is 10.4 Å². The van der Waals surface area contributed by atoms with E-state index in [4.69, 9.17) is 5.11 Å². The van der Waals surface area contributed by atoms with E-state index in [2.05, 4.69) is 10.4 Å². The van der Waals surface area contributed by atoms with Gasteiger partial charge in [0.2, 0.25) is 5.91 Å². The molecule has 2 N–H and O–H groups in total. The minimum absolute atomic E-state index is 0.0417. The minimum atomic E-state index is -1.10. The lowest BCUT2D eigenvalue weighted by atomic mass is 10.2. The van der Waals surface area contributed by atoms with Crippen LogP contribution in [0.25, 0.3) is 0 Å². The lowest BCUT2D eigenvalue weighted by Crippen LogP contribution is -2.30. The van der Waals surface area contributed by atoms with Gasteiger partial charge in [0.05, 0.1) is 0 Å². The first-order valence-corrected chi connectivity index (χ1v) is 5.02. The number of carbonyl (C=O) groups excluding carboxylic acids is 1. The fourth-order valence-electron chi connectivity index (χ4n) is 1.08. The standard InChI is InChI=1S/C10H15N3O3/c1-7(2)5-11-9(14)6-13-4-3-8(12-13)10(15)16/h3-4,7H,5-6H2,1-2H3,(H,11,14)(H,15,16). The second kappa shape index (κ2) is 5.29. The molecular formula is C10H15N3O3. The lowest BCUT2D eigenvalue weighted by Gasteiger charge is -2.07. The van der Waals surface area contributed by atoms with Gasteiger partial charge in [-0.3, -0.25) is 9.48 Å². The maximum absolute atomic E-state index is 11.4. The molecule has 0 saturated carbocycles. The summed E-state index contributed by atoms with van der Waals surface area (Å²) in [5.41, 5.74) is -0.0586.